The number of aromatic hydroxyl groups is 2. The third-order valence-corrected chi connectivity index (χ3v) is 4.96. The summed E-state index contributed by atoms with van der Waals surface area (Å²) in [7, 11) is 0. The largest absolute Gasteiger partial charge is 0.508 e. The molecule has 152 valence electrons. The van der Waals surface area contributed by atoms with E-state index in [-0.39, 0.29) is 11.8 Å². The van der Waals surface area contributed by atoms with Crippen LogP contribution in [0.2, 0.25) is 0 Å². The van der Waals surface area contributed by atoms with Gasteiger partial charge < -0.3 is 15.5 Å². The monoisotopic (exact) mass is 382 g/mol. The van der Waals surface area contributed by atoms with Crippen molar-refractivity contribution in [1.82, 2.24) is 5.32 Å². The van der Waals surface area contributed by atoms with Gasteiger partial charge in [-0.1, -0.05) is 75.8 Å². The molecule has 0 radical (unpaired) electrons. The summed E-state index contributed by atoms with van der Waals surface area (Å²) in [5.74, 6) is 0.595. The number of hydrogen-bond acceptors (Lipinski definition) is 4. The molecule has 3 N–H and O–H groups in total. The van der Waals surface area contributed by atoms with Gasteiger partial charge in [0.25, 0.3) is 0 Å². The molecule has 4 nitrogen and oxygen atoms in total. The van der Waals surface area contributed by atoms with Gasteiger partial charge in [0.05, 0.1) is 6.54 Å². The SMILES string of the molecule is CCCCCCCCC(NCCN=Cc1ccccc1O)c1ccccc1O. The molecular formula is C24H34N2O2. The number of nitrogens with zero attached hydrogens (tertiary/aromatic N) is 1. The molecule has 1 atom stereocenters. The molecule has 0 heterocycles. The van der Waals surface area contributed by atoms with Gasteiger partial charge in [0.1, 0.15) is 11.5 Å². The van der Waals surface area contributed by atoms with Crippen LogP contribution in [-0.4, -0.2) is 29.5 Å². The van der Waals surface area contributed by atoms with E-state index in [0.29, 0.717) is 12.3 Å². The van der Waals surface area contributed by atoms with E-state index in [1.165, 1.54) is 32.1 Å². The average molecular weight is 383 g/mol. The maximum absolute atomic E-state index is 10.2. The Morgan fingerprint density at radius 1 is 0.893 bits per heavy atom. The van der Waals surface area contributed by atoms with Crippen LogP contribution in [0.4, 0.5) is 0 Å². The lowest BCUT2D eigenvalue weighted by molar-refractivity contribution is 0.427. The van der Waals surface area contributed by atoms with Gasteiger partial charge in [0.2, 0.25) is 0 Å². The van der Waals surface area contributed by atoms with E-state index in [1.807, 2.05) is 30.3 Å². The van der Waals surface area contributed by atoms with Gasteiger partial charge >= 0.3 is 0 Å². The van der Waals surface area contributed by atoms with E-state index in [9.17, 15) is 10.2 Å². The summed E-state index contributed by atoms with van der Waals surface area (Å²) >= 11 is 0. The molecule has 0 bridgehead atoms. The van der Waals surface area contributed by atoms with Gasteiger partial charge in [0, 0.05) is 29.9 Å². The lowest BCUT2D eigenvalue weighted by Gasteiger charge is -2.20. The predicted molar refractivity (Wildman–Crippen MR) is 117 cm³/mol. The van der Waals surface area contributed by atoms with E-state index < -0.39 is 0 Å². The van der Waals surface area contributed by atoms with Crippen LogP contribution < -0.4 is 5.32 Å². The number of rotatable bonds is 13. The van der Waals surface area contributed by atoms with Gasteiger partial charge in [-0.25, -0.2) is 0 Å². The van der Waals surface area contributed by atoms with Crippen molar-refractivity contribution in [2.24, 2.45) is 4.99 Å². The molecule has 0 aliphatic carbocycles. The van der Waals surface area contributed by atoms with Crippen LogP contribution in [0, 0.1) is 0 Å². The third-order valence-electron chi connectivity index (χ3n) is 4.96. The first-order valence-corrected chi connectivity index (χ1v) is 10.5. The van der Waals surface area contributed by atoms with Crippen molar-refractivity contribution in [2.75, 3.05) is 13.1 Å². The van der Waals surface area contributed by atoms with Crippen molar-refractivity contribution in [3.8, 4) is 11.5 Å². The summed E-state index contributed by atoms with van der Waals surface area (Å²) in [6.45, 7) is 3.58. The molecule has 0 saturated heterocycles. The Morgan fingerprint density at radius 3 is 2.32 bits per heavy atom. The van der Waals surface area contributed by atoms with E-state index in [2.05, 4.69) is 17.2 Å². The molecule has 2 aromatic carbocycles. The number of benzene rings is 2. The minimum Gasteiger partial charge on any atom is -0.508 e. The minimum absolute atomic E-state index is 0.132. The normalized spacial score (nSPS) is 12.5. The number of unbranched alkanes of at least 4 members (excludes halogenated alkanes) is 5. The van der Waals surface area contributed by atoms with E-state index in [0.717, 1.165) is 30.5 Å². The molecular weight excluding hydrogens is 348 g/mol. The van der Waals surface area contributed by atoms with E-state index in [4.69, 9.17) is 0 Å². The lowest BCUT2D eigenvalue weighted by Crippen LogP contribution is -2.24. The highest BCUT2D eigenvalue weighted by Gasteiger charge is 2.13. The van der Waals surface area contributed by atoms with Crippen molar-refractivity contribution in [1.29, 1.82) is 0 Å². The highest BCUT2D eigenvalue weighted by molar-refractivity contribution is 5.83. The summed E-state index contributed by atoms with van der Waals surface area (Å²) in [6, 6.07) is 14.9. The van der Waals surface area contributed by atoms with Crippen LogP contribution in [-0.2, 0) is 0 Å². The van der Waals surface area contributed by atoms with Crippen molar-refractivity contribution in [2.45, 2.75) is 57.9 Å². The second-order valence-electron chi connectivity index (χ2n) is 7.22. The smallest absolute Gasteiger partial charge is 0.124 e. The number of phenolic OH excluding ortho intramolecular Hbond substituents is 2. The maximum atomic E-state index is 10.2. The van der Waals surface area contributed by atoms with Gasteiger partial charge in [0.15, 0.2) is 0 Å². The second-order valence-corrected chi connectivity index (χ2v) is 7.22. The number of hydrogen-bond donors (Lipinski definition) is 3. The topological polar surface area (TPSA) is 64.9 Å². The zero-order valence-electron chi connectivity index (χ0n) is 17.0. The van der Waals surface area contributed by atoms with Gasteiger partial charge in [-0.3, -0.25) is 4.99 Å². The molecule has 0 aliphatic rings. The standard InChI is InChI=1S/C24H34N2O2/c1-2-3-4-5-6-7-14-22(21-13-9-11-16-24(21)28)26-18-17-25-19-20-12-8-10-15-23(20)27/h8-13,15-16,19,22,26-28H,2-7,14,17-18H2,1H3. The minimum atomic E-state index is 0.132. The van der Waals surface area contributed by atoms with Crippen LogP contribution in [0.25, 0.3) is 0 Å². The Hall–Kier alpha value is -2.33. The molecule has 0 aromatic heterocycles. The Balaban J connectivity index is 1.83. The van der Waals surface area contributed by atoms with Crippen LogP contribution >= 0.6 is 0 Å². The van der Waals surface area contributed by atoms with E-state index >= 15 is 0 Å². The quantitative estimate of drug-likeness (QED) is 0.312. The summed E-state index contributed by atoms with van der Waals surface area (Å²) < 4.78 is 0. The summed E-state index contributed by atoms with van der Waals surface area (Å²) in [4.78, 5) is 4.41. The Morgan fingerprint density at radius 2 is 1.57 bits per heavy atom. The first kappa shape index (κ1) is 22.0. The van der Waals surface area contributed by atoms with Gasteiger partial charge in [-0.2, -0.15) is 0 Å². The second kappa shape index (κ2) is 12.9. The first-order valence-electron chi connectivity index (χ1n) is 10.5. The van der Waals surface area contributed by atoms with Crippen molar-refractivity contribution >= 4 is 6.21 Å². The van der Waals surface area contributed by atoms with Crippen molar-refractivity contribution < 1.29 is 10.2 Å². The van der Waals surface area contributed by atoms with Crippen LogP contribution in [0.15, 0.2) is 53.5 Å². The van der Waals surface area contributed by atoms with Crippen LogP contribution in [0.3, 0.4) is 0 Å². The Bertz CT molecular complexity index is 715. The Labute approximate surface area is 169 Å². The molecule has 1 unspecified atom stereocenters. The van der Waals surface area contributed by atoms with E-state index in [1.54, 1.807) is 24.4 Å². The van der Waals surface area contributed by atoms with Crippen LogP contribution in [0.1, 0.15) is 69.0 Å². The summed E-state index contributed by atoms with van der Waals surface area (Å²) in [5.41, 5.74) is 1.69. The molecule has 2 rings (SSSR count). The number of aliphatic imine (C=N–C) groups is 1. The molecule has 28 heavy (non-hydrogen) atoms. The maximum Gasteiger partial charge on any atom is 0.124 e. The molecule has 0 fully saturated rings. The zero-order valence-corrected chi connectivity index (χ0v) is 17.0. The summed E-state index contributed by atoms with van der Waals surface area (Å²) in [5, 5.41) is 23.6. The molecule has 0 spiro atoms. The van der Waals surface area contributed by atoms with Crippen LogP contribution in [0.5, 0.6) is 11.5 Å². The fourth-order valence-corrected chi connectivity index (χ4v) is 3.34. The molecule has 0 saturated carbocycles. The Kier molecular flexibility index (Phi) is 10.2. The van der Waals surface area contributed by atoms with Crippen molar-refractivity contribution in [3.63, 3.8) is 0 Å². The summed E-state index contributed by atoms with van der Waals surface area (Å²) in [6.07, 6.45) is 10.3. The number of phenols is 2. The molecule has 2 aromatic rings. The first-order chi connectivity index (χ1) is 13.7. The average Bonchev–Trinajstić information content (AvgIpc) is 2.70. The zero-order chi connectivity index (χ0) is 20.0. The lowest BCUT2D eigenvalue weighted by atomic mass is 9.98. The third kappa shape index (κ3) is 7.73. The van der Waals surface area contributed by atoms with Gasteiger partial charge in [-0.15, -0.1) is 0 Å². The van der Waals surface area contributed by atoms with Crippen molar-refractivity contribution in [3.05, 3.63) is 59.7 Å². The number of para-hydroxylation sites is 2. The fraction of sp³-hybridized carbons (Fsp3) is 0.458. The fourth-order valence-electron chi connectivity index (χ4n) is 3.34. The molecule has 0 amide bonds. The predicted octanol–water partition coefficient (Wildman–Crippen LogP) is 5.60. The molecule has 4 heteroatoms. The number of nitrogens with one attached hydrogen (secondary N) is 1. The highest BCUT2D eigenvalue weighted by Crippen LogP contribution is 2.27. The van der Waals surface area contributed by atoms with Gasteiger partial charge in [-0.05, 0) is 24.6 Å². The molecule has 0 aliphatic heterocycles. The highest BCUT2D eigenvalue weighted by atomic mass is 16.3.